The first-order chi connectivity index (χ1) is 16.5. The fourth-order valence-electron chi connectivity index (χ4n) is 3.58. The molecule has 6 nitrogen and oxygen atoms in total. The highest BCUT2D eigenvalue weighted by molar-refractivity contribution is 6.10. The zero-order chi connectivity index (χ0) is 23.9. The van der Waals surface area contributed by atoms with Crippen LogP contribution in [0.5, 0.6) is 11.5 Å². The Hall–Kier alpha value is -4.32. The van der Waals surface area contributed by atoms with Crippen molar-refractivity contribution in [3.8, 4) is 11.5 Å². The summed E-state index contributed by atoms with van der Waals surface area (Å²) >= 11 is 0. The average molecular weight is 455 g/mol. The second-order valence-corrected chi connectivity index (χ2v) is 8.02. The summed E-state index contributed by atoms with van der Waals surface area (Å²) in [4.78, 5) is 25.3. The molecule has 0 radical (unpaired) electrons. The summed E-state index contributed by atoms with van der Waals surface area (Å²) in [7, 11) is 0. The van der Waals surface area contributed by atoms with Gasteiger partial charge in [-0.2, -0.15) is 0 Å². The molecular formula is C28H26N2O4. The molecule has 0 unspecified atom stereocenters. The van der Waals surface area contributed by atoms with Gasteiger partial charge in [-0.25, -0.2) is 0 Å². The zero-order valence-electron chi connectivity index (χ0n) is 19.1. The lowest BCUT2D eigenvalue weighted by Gasteiger charge is -2.16. The van der Waals surface area contributed by atoms with Crippen LogP contribution in [0.4, 0.5) is 11.4 Å². The molecule has 0 spiro atoms. The first-order valence-electron chi connectivity index (χ1n) is 11.0. The Balaban J connectivity index is 1.48. The minimum absolute atomic E-state index is 0.153. The third-order valence-electron chi connectivity index (χ3n) is 5.19. The quantitative estimate of drug-likeness (QED) is 0.369. The molecule has 4 rings (SSSR count). The number of rotatable bonds is 8. The van der Waals surface area contributed by atoms with Gasteiger partial charge in [0.1, 0.15) is 11.5 Å². The van der Waals surface area contributed by atoms with Gasteiger partial charge in [0, 0.05) is 5.39 Å². The summed E-state index contributed by atoms with van der Waals surface area (Å²) in [5.74, 6) is 0.582. The van der Waals surface area contributed by atoms with Gasteiger partial charge in [-0.15, -0.1) is 0 Å². The second-order valence-electron chi connectivity index (χ2n) is 8.02. The fraction of sp³-hybridized carbons (Fsp3) is 0.143. The molecule has 0 aliphatic rings. The van der Waals surface area contributed by atoms with Crippen LogP contribution in [0.3, 0.4) is 0 Å². The van der Waals surface area contributed by atoms with Gasteiger partial charge < -0.3 is 20.1 Å². The van der Waals surface area contributed by atoms with Gasteiger partial charge >= 0.3 is 0 Å². The maximum atomic E-state index is 12.7. The van der Waals surface area contributed by atoms with Crippen molar-refractivity contribution in [2.75, 3.05) is 23.8 Å². The standard InChI is InChI=1S/C28H26N2O4/c1-19-7-5-10-22(15-19)33-17-26(31)29-25-14-13-21-9-3-4-12-24(21)28(25)30-27(32)18-34-23-11-6-8-20(2)16-23/h3-16H,17-18H2,1-2H3,(H,29,31)(H,30,32). The summed E-state index contributed by atoms with van der Waals surface area (Å²) in [6.07, 6.45) is 0. The number of fused-ring (bicyclic) bond motifs is 1. The molecule has 0 fully saturated rings. The number of hydrogen-bond donors (Lipinski definition) is 2. The molecule has 4 aromatic rings. The van der Waals surface area contributed by atoms with Crippen molar-refractivity contribution in [1.82, 2.24) is 0 Å². The predicted molar refractivity (Wildman–Crippen MR) is 135 cm³/mol. The number of benzene rings is 4. The molecular weight excluding hydrogens is 428 g/mol. The van der Waals surface area contributed by atoms with Crippen molar-refractivity contribution in [3.05, 3.63) is 96.1 Å². The monoisotopic (exact) mass is 454 g/mol. The lowest BCUT2D eigenvalue weighted by Crippen LogP contribution is -2.24. The van der Waals surface area contributed by atoms with Crippen molar-refractivity contribution >= 4 is 34.0 Å². The topological polar surface area (TPSA) is 76.7 Å². The average Bonchev–Trinajstić information content (AvgIpc) is 2.83. The molecule has 34 heavy (non-hydrogen) atoms. The van der Waals surface area contributed by atoms with Crippen molar-refractivity contribution in [1.29, 1.82) is 0 Å². The molecule has 0 aliphatic heterocycles. The van der Waals surface area contributed by atoms with E-state index in [1.54, 1.807) is 18.2 Å². The van der Waals surface area contributed by atoms with E-state index in [2.05, 4.69) is 10.6 Å². The summed E-state index contributed by atoms with van der Waals surface area (Å²) in [5, 5.41) is 7.51. The van der Waals surface area contributed by atoms with Crippen LogP contribution in [0.1, 0.15) is 11.1 Å². The highest BCUT2D eigenvalue weighted by Gasteiger charge is 2.14. The highest BCUT2D eigenvalue weighted by Crippen LogP contribution is 2.31. The maximum absolute atomic E-state index is 12.7. The molecule has 0 aromatic heterocycles. The van der Waals surface area contributed by atoms with E-state index in [4.69, 9.17) is 9.47 Å². The number of carbonyl (C=O) groups excluding carboxylic acids is 2. The number of hydrogen-bond acceptors (Lipinski definition) is 4. The Bertz CT molecular complexity index is 1330. The Kier molecular flexibility index (Phi) is 7.08. The van der Waals surface area contributed by atoms with Crippen LogP contribution >= 0.6 is 0 Å². The van der Waals surface area contributed by atoms with E-state index in [9.17, 15) is 9.59 Å². The van der Waals surface area contributed by atoms with Gasteiger partial charge in [0.05, 0.1) is 11.4 Å². The van der Waals surface area contributed by atoms with Crippen molar-refractivity contribution in [2.45, 2.75) is 13.8 Å². The van der Waals surface area contributed by atoms with Gasteiger partial charge in [0.2, 0.25) is 0 Å². The SMILES string of the molecule is Cc1cccc(OCC(=O)Nc2ccc3ccccc3c2NC(=O)COc2cccc(C)c2)c1. The Morgan fingerprint density at radius 3 is 1.88 bits per heavy atom. The summed E-state index contributed by atoms with van der Waals surface area (Å²) in [6, 6.07) is 26.3. The molecule has 4 aromatic carbocycles. The largest absolute Gasteiger partial charge is 0.484 e. The molecule has 0 aliphatic carbocycles. The van der Waals surface area contributed by atoms with Crippen LogP contribution in [0.2, 0.25) is 0 Å². The predicted octanol–water partition coefficient (Wildman–Crippen LogP) is 5.49. The third kappa shape index (κ3) is 5.92. The van der Waals surface area contributed by atoms with Gasteiger partial charge in [-0.05, 0) is 60.7 Å². The first kappa shape index (κ1) is 22.9. The minimum atomic E-state index is -0.330. The van der Waals surface area contributed by atoms with E-state index in [0.29, 0.717) is 22.9 Å². The molecule has 0 saturated heterocycles. The molecule has 2 N–H and O–H groups in total. The van der Waals surface area contributed by atoms with E-state index in [1.165, 1.54) is 0 Å². The number of amides is 2. The van der Waals surface area contributed by atoms with E-state index in [1.807, 2.05) is 80.6 Å². The second kappa shape index (κ2) is 10.5. The van der Waals surface area contributed by atoms with Gasteiger partial charge in [0.15, 0.2) is 13.2 Å². The Morgan fingerprint density at radius 1 is 0.676 bits per heavy atom. The Labute approximate surface area is 198 Å². The molecule has 2 amide bonds. The lowest BCUT2D eigenvalue weighted by atomic mass is 10.1. The lowest BCUT2D eigenvalue weighted by molar-refractivity contribution is -0.119. The molecule has 6 heteroatoms. The number of anilines is 2. The summed E-state index contributed by atoms with van der Waals surface area (Å²) in [5.41, 5.74) is 3.09. The fourth-order valence-corrected chi connectivity index (χ4v) is 3.58. The molecule has 172 valence electrons. The smallest absolute Gasteiger partial charge is 0.262 e. The van der Waals surface area contributed by atoms with E-state index in [0.717, 1.165) is 21.9 Å². The first-order valence-corrected chi connectivity index (χ1v) is 11.0. The van der Waals surface area contributed by atoms with Crippen LogP contribution in [0, 0.1) is 13.8 Å². The van der Waals surface area contributed by atoms with Crippen LogP contribution in [-0.4, -0.2) is 25.0 Å². The zero-order valence-corrected chi connectivity index (χ0v) is 19.1. The van der Waals surface area contributed by atoms with Crippen LogP contribution in [-0.2, 0) is 9.59 Å². The molecule has 0 atom stereocenters. The minimum Gasteiger partial charge on any atom is -0.484 e. The number of carbonyl (C=O) groups is 2. The maximum Gasteiger partial charge on any atom is 0.262 e. The van der Waals surface area contributed by atoms with E-state index in [-0.39, 0.29) is 25.0 Å². The number of nitrogens with one attached hydrogen (secondary N) is 2. The van der Waals surface area contributed by atoms with E-state index < -0.39 is 0 Å². The van der Waals surface area contributed by atoms with Gasteiger partial charge in [-0.3, -0.25) is 9.59 Å². The highest BCUT2D eigenvalue weighted by atomic mass is 16.5. The van der Waals surface area contributed by atoms with Crippen molar-refractivity contribution < 1.29 is 19.1 Å². The number of aryl methyl sites for hydroxylation is 2. The summed E-state index contributed by atoms with van der Waals surface area (Å²) in [6.45, 7) is 3.61. The summed E-state index contributed by atoms with van der Waals surface area (Å²) < 4.78 is 11.2. The Morgan fingerprint density at radius 2 is 1.26 bits per heavy atom. The number of ether oxygens (including phenoxy) is 2. The van der Waals surface area contributed by atoms with Crippen LogP contribution in [0.25, 0.3) is 10.8 Å². The van der Waals surface area contributed by atoms with E-state index >= 15 is 0 Å². The van der Waals surface area contributed by atoms with Gasteiger partial charge in [0.25, 0.3) is 11.8 Å². The van der Waals surface area contributed by atoms with Crippen LogP contribution < -0.4 is 20.1 Å². The molecule has 0 saturated carbocycles. The van der Waals surface area contributed by atoms with Gasteiger partial charge in [-0.1, -0.05) is 54.6 Å². The van der Waals surface area contributed by atoms with Crippen molar-refractivity contribution in [2.24, 2.45) is 0 Å². The molecule has 0 bridgehead atoms. The van der Waals surface area contributed by atoms with Crippen LogP contribution in [0.15, 0.2) is 84.9 Å². The third-order valence-corrected chi connectivity index (χ3v) is 5.19. The normalized spacial score (nSPS) is 10.5. The van der Waals surface area contributed by atoms with Crippen molar-refractivity contribution in [3.63, 3.8) is 0 Å². The molecule has 0 heterocycles.